The highest BCUT2D eigenvalue weighted by Gasteiger charge is 2.31. The van der Waals surface area contributed by atoms with E-state index in [-0.39, 0.29) is 28.5 Å². The molecule has 0 saturated heterocycles. The van der Waals surface area contributed by atoms with E-state index in [1.807, 2.05) is 6.92 Å². The van der Waals surface area contributed by atoms with Crippen molar-refractivity contribution in [2.24, 2.45) is 0 Å². The number of nitro groups is 1. The Bertz CT molecular complexity index is 492. The van der Waals surface area contributed by atoms with E-state index in [1.54, 1.807) is 0 Å². The molecular formula is C12H14ClFN2O3. The normalized spacial score (nSPS) is 21.8. The maximum Gasteiger partial charge on any atom is 0.294 e. The summed E-state index contributed by atoms with van der Waals surface area (Å²) in [6.07, 6.45) is 1.70. The van der Waals surface area contributed by atoms with Crippen molar-refractivity contribution in [3.8, 4) is 0 Å². The average molecular weight is 289 g/mol. The second-order valence-electron chi connectivity index (χ2n) is 4.43. The number of anilines is 1. The van der Waals surface area contributed by atoms with Crippen molar-refractivity contribution in [3.63, 3.8) is 0 Å². The molecule has 1 aliphatic carbocycles. The molecule has 0 radical (unpaired) electrons. The molecule has 1 aromatic carbocycles. The van der Waals surface area contributed by atoms with Crippen molar-refractivity contribution in [3.05, 3.63) is 33.1 Å². The van der Waals surface area contributed by atoms with Gasteiger partial charge in [0, 0.05) is 24.8 Å². The minimum atomic E-state index is -0.671. The van der Waals surface area contributed by atoms with Crippen molar-refractivity contribution in [2.45, 2.75) is 31.9 Å². The molecule has 0 heterocycles. The van der Waals surface area contributed by atoms with Crippen LogP contribution in [0, 0.1) is 15.9 Å². The Kier molecular flexibility index (Phi) is 4.21. The van der Waals surface area contributed by atoms with Gasteiger partial charge in [0.25, 0.3) is 5.69 Å². The number of nitro benzene ring substituents is 1. The summed E-state index contributed by atoms with van der Waals surface area (Å²) in [6, 6.07) is 2.16. The molecule has 104 valence electrons. The van der Waals surface area contributed by atoms with Crippen LogP contribution in [0.3, 0.4) is 0 Å². The molecule has 1 N–H and O–H groups in total. The quantitative estimate of drug-likeness (QED) is 0.666. The molecule has 5 nitrogen and oxygen atoms in total. The van der Waals surface area contributed by atoms with E-state index in [0.717, 1.165) is 25.0 Å². The molecule has 2 rings (SSSR count). The van der Waals surface area contributed by atoms with Gasteiger partial charge in [-0.3, -0.25) is 10.1 Å². The number of halogens is 2. The zero-order valence-corrected chi connectivity index (χ0v) is 11.1. The first-order chi connectivity index (χ1) is 9.01. The molecule has 0 unspecified atom stereocenters. The highest BCUT2D eigenvalue weighted by Crippen LogP contribution is 2.34. The van der Waals surface area contributed by atoms with Gasteiger partial charge in [-0.05, 0) is 19.8 Å². The standard InChI is InChI=1S/C12H14ClFN2O3/c1-2-19-8-3-7(4-8)15-11-6-10(14)9(13)5-12(11)16(17)18/h5-8,15H,2-4H2,1H3. The fourth-order valence-corrected chi connectivity index (χ4v) is 2.24. The van der Waals surface area contributed by atoms with Crippen LogP contribution in [-0.2, 0) is 4.74 Å². The third kappa shape index (κ3) is 3.13. The van der Waals surface area contributed by atoms with Crippen LogP contribution >= 0.6 is 11.6 Å². The van der Waals surface area contributed by atoms with Crippen molar-refractivity contribution in [2.75, 3.05) is 11.9 Å². The van der Waals surface area contributed by atoms with E-state index >= 15 is 0 Å². The lowest BCUT2D eigenvalue weighted by Crippen LogP contribution is -2.40. The number of nitrogens with one attached hydrogen (secondary N) is 1. The molecule has 0 atom stereocenters. The number of nitrogens with zero attached hydrogens (tertiary/aromatic N) is 1. The lowest BCUT2D eigenvalue weighted by Gasteiger charge is -2.35. The SMILES string of the molecule is CCOC1CC(Nc2cc(F)c(Cl)cc2[N+](=O)[O-])C1. The maximum absolute atomic E-state index is 13.4. The number of ether oxygens (including phenoxy) is 1. The largest absolute Gasteiger partial charge is 0.378 e. The van der Waals surface area contributed by atoms with Gasteiger partial charge in [0.2, 0.25) is 0 Å². The fourth-order valence-electron chi connectivity index (χ4n) is 2.08. The smallest absolute Gasteiger partial charge is 0.294 e. The van der Waals surface area contributed by atoms with Gasteiger partial charge in [-0.2, -0.15) is 0 Å². The van der Waals surface area contributed by atoms with Crippen molar-refractivity contribution in [1.82, 2.24) is 0 Å². The lowest BCUT2D eigenvalue weighted by molar-refractivity contribution is -0.384. The van der Waals surface area contributed by atoms with E-state index in [0.29, 0.717) is 6.61 Å². The van der Waals surface area contributed by atoms with E-state index < -0.39 is 10.7 Å². The molecule has 0 aliphatic heterocycles. The summed E-state index contributed by atoms with van der Waals surface area (Å²) >= 11 is 5.55. The number of hydrogen-bond acceptors (Lipinski definition) is 4. The molecule has 1 aromatic rings. The van der Waals surface area contributed by atoms with Crippen LogP contribution in [0.25, 0.3) is 0 Å². The highest BCUT2D eigenvalue weighted by molar-refractivity contribution is 6.31. The predicted molar refractivity (Wildman–Crippen MR) is 70.1 cm³/mol. The van der Waals surface area contributed by atoms with Gasteiger partial charge in [-0.15, -0.1) is 0 Å². The van der Waals surface area contributed by atoms with Gasteiger partial charge < -0.3 is 10.1 Å². The lowest BCUT2D eigenvalue weighted by atomic mass is 9.89. The first-order valence-electron chi connectivity index (χ1n) is 6.02. The van der Waals surface area contributed by atoms with Gasteiger partial charge in [0.15, 0.2) is 0 Å². The minimum absolute atomic E-state index is 0.0656. The summed E-state index contributed by atoms with van der Waals surface area (Å²) in [5.41, 5.74) is -0.0573. The zero-order chi connectivity index (χ0) is 14.0. The topological polar surface area (TPSA) is 64.4 Å². The van der Waals surface area contributed by atoms with Gasteiger partial charge in [0.1, 0.15) is 11.5 Å². The first-order valence-corrected chi connectivity index (χ1v) is 6.40. The van der Waals surface area contributed by atoms with Gasteiger partial charge in [-0.1, -0.05) is 11.6 Å². The van der Waals surface area contributed by atoms with E-state index in [9.17, 15) is 14.5 Å². The van der Waals surface area contributed by atoms with Gasteiger partial charge in [-0.25, -0.2) is 4.39 Å². The zero-order valence-electron chi connectivity index (χ0n) is 10.4. The van der Waals surface area contributed by atoms with Crippen LogP contribution < -0.4 is 5.32 Å². The minimum Gasteiger partial charge on any atom is -0.378 e. The highest BCUT2D eigenvalue weighted by atomic mass is 35.5. The Hall–Kier alpha value is -1.40. The molecule has 1 aliphatic rings. The molecule has 19 heavy (non-hydrogen) atoms. The summed E-state index contributed by atoms with van der Waals surface area (Å²) in [7, 11) is 0. The van der Waals surface area contributed by atoms with Crippen LogP contribution in [0.5, 0.6) is 0 Å². The number of benzene rings is 1. The van der Waals surface area contributed by atoms with E-state index in [4.69, 9.17) is 16.3 Å². The molecule has 0 aromatic heterocycles. The van der Waals surface area contributed by atoms with Crippen LogP contribution in [0.15, 0.2) is 12.1 Å². The molecule has 0 amide bonds. The Labute approximate surface area is 114 Å². The summed E-state index contributed by atoms with van der Waals surface area (Å²) in [5.74, 6) is -0.671. The number of hydrogen-bond donors (Lipinski definition) is 1. The van der Waals surface area contributed by atoms with E-state index in [1.165, 1.54) is 0 Å². The molecule has 1 saturated carbocycles. The van der Waals surface area contributed by atoms with Crippen molar-refractivity contribution < 1.29 is 14.1 Å². The Morgan fingerprint density at radius 1 is 1.58 bits per heavy atom. The average Bonchev–Trinajstić information content (AvgIpc) is 2.30. The molecule has 0 spiro atoms. The van der Waals surface area contributed by atoms with Gasteiger partial charge in [0.05, 0.1) is 16.0 Å². The van der Waals surface area contributed by atoms with Crippen LogP contribution in [-0.4, -0.2) is 23.7 Å². The van der Waals surface area contributed by atoms with Crippen LogP contribution in [0.1, 0.15) is 19.8 Å². The first kappa shape index (κ1) is 14.0. The van der Waals surface area contributed by atoms with Crippen molar-refractivity contribution in [1.29, 1.82) is 0 Å². The third-order valence-corrected chi connectivity index (χ3v) is 3.38. The summed E-state index contributed by atoms with van der Waals surface area (Å²) in [6.45, 7) is 2.56. The maximum atomic E-state index is 13.4. The fraction of sp³-hybridized carbons (Fsp3) is 0.500. The Morgan fingerprint density at radius 3 is 2.84 bits per heavy atom. The summed E-state index contributed by atoms with van der Waals surface area (Å²) in [4.78, 5) is 10.3. The Balaban J connectivity index is 2.08. The van der Waals surface area contributed by atoms with Gasteiger partial charge >= 0.3 is 0 Å². The second-order valence-corrected chi connectivity index (χ2v) is 4.84. The van der Waals surface area contributed by atoms with Crippen molar-refractivity contribution >= 4 is 23.0 Å². The number of rotatable bonds is 5. The summed E-state index contributed by atoms with van der Waals surface area (Å²) < 4.78 is 18.8. The van der Waals surface area contributed by atoms with E-state index in [2.05, 4.69) is 5.32 Å². The monoisotopic (exact) mass is 288 g/mol. The Morgan fingerprint density at radius 2 is 2.26 bits per heavy atom. The molecular weight excluding hydrogens is 275 g/mol. The predicted octanol–water partition coefficient (Wildman–Crippen LogP) is 3.37. The third-order valence-electron chi connectivity index (χ3n) is 3.09. The molecule has 7 heteroatoms. The van der Waals surface area contributed by atoms with Crippen LogP contribution in [0.2, 0.25) is 5.02 Å². The molecule has 1 fully saturated rings. The second kappa shape index (κ2) is 5.71. The van der Waals surface area contributed by atoms with Crippen LogP contribution in [0.4, 0.5) is 15.8 Å². The summed E-state index contributed by atoms with van der Waals surface area (Å²) in [5, 5.41) is 13.6. The molecule has 0 bridgehead atoms.